The van der Waals surface area contributed by atoms with Crippen LogP contribution >= 0.6 is 0 Å². The highest BCUT2D eigenvalue weighted by Crippen LogP contribution is 2.26. The van der Waals surface area contributed by atoms with Crippen molar-refractivity contribution in [2.75, 3.05) is 18.0 Å². The van der Waals surface area contributed by atoms with Crippen molar-refractivity contribution >= 4 is 5.82 Å². The quantitative estimate of drug-likeness (QED) is 0.741. The number of halogens is 1. The Morgan fingerprint density at radius 2 is 1.83 bits per heavy atom. The van der Waals surface area contributed by atoms with Crippen molar-refractivity contribution in [3.63, 3.8) is 0 Å². The lowest BCUT2D eigenvalue weighted by Gasteiger charge is -2.32. The van der Waals surface area contributed by atoms with E-state index in [1.807, 2.05) is 10.9 Å². The molecular weight excluding hydrogens is 307 g/mol. The van der Waals surface area contributed by atoms with Gasteiger partial charge in [0.05, 0.1) is 18.4 Å². The molecule has 1 saturated heterocycles. The number of piperidine rings is 1. The normalized spacial score (nSPS) is 15.6. The van der Waals surface area contributed by atoms with Crippen LogP contribution in [0.25, 0.3) is 11.3 Å². The van der Waals surface area contributed by atoms with Crippen LogP contribution < -0.4 is 4.90 Å². The molecule has 0 aliphatic carbocycles. The molecule has 0 bridgehead atoms. The van der Waals surface area contributed by atoms with Crippen LogP contribution in [0.4, 0.5) is 10.2 Å². The van der Waals surface area contributed by atoms with E-state index in [0.717, 1.165) is 43.0 Å². The summed E-state index contributed by atoms with van der Waals surface area (Å²) >= 11 is 0. The highest BCUT2D eigenvalue weighted by atomic mass is 19.1. The molecule has 7 heteroatoms. The maximum absolute atomic E-state index is 13.0. The van der Waals surface area contributed by atoms with Gasteiger partial charge in [-0.25, -0.2) is 14.1 Å². The zero-order valence-corrected chi connectivity index (χ0v) is 13.1. The largest absolute Gasteiger partial charge is 0.355 e. The Bertz CT molecular complexity index is 793. The van der Waals surface area contributed by atoms with Crippen LogP contribution in [0.2, 0.25) is 0 Å². The summed E-state index contributed by atoms with van der Waals surface area (Å²) in [5, 5.41) is 8.49. The van der Waals surface area contributed by atoms with Crippen molar-refractivity contribution in [1.82, 2.24) is 25.0 Å². The molecule has 4 rings (SSSR count). The van der Waals surface area contributed by atoms with Crippen molar-refractivity contribution in [2.24, 2.45) is 0 Å². The predicted octanol–water partition coefficient (Wildman–Crippen LogP) is 2.72. The number of benzene rings is 1. The molecule has 0 amide bonds. The van der Waals surface area contributed by atoms with E-state index < -0.39 is 0 Å². The first kappa shape index (κ1) is 14.7. The average molecular weight is 324 g/mol. The monoisotopic (exact) mass is 324 g/mol. The minimum atomic E-state index is -0.248. The minimum Gasteiger partial charge on any atom is -0.355 e. The number of nitrogens with zero attached hydrogens (tertiary/aromatic N) is 6. The molecule has 0 atom stereocenters. The van der Waals surface area contributed by atoms with Crippen molar-refractivity contribution < 1.29 is 4.39 Å². The van der Waals surface area contributed by atoms with E-state index in [9.17, 15) is 4.39 Å². The summed E-state index contributed by atoms with van der Waals surface area (Å²) in [5.41, 5.74) is 1.64. The van der Waals surface area contributed by atoms with Gasteiger partial charge in [-0.15, -0.1) is 5.10 Å². The molecule has 1 aliphatic rings. The first-order chi connectivity index (χ1) is 11.8. The van der Waals surface area contributed by atoms with Gasteiger partial charge in [0.2, 0.25) is 0 Å². The minimum absolute atomic E-state index is 0.248. The maximum atomic E-state index is 13.0. The summed E-state index contributed by atoms with van der Waals surface area (Å²) in [6.45, 7) is 1.82. The SMILES string of the molecule is Fc1ccc(-c2cn(C3CCN(c4cnccn4)CC3)nn2)cc1. The molecule has 24 heavy (non-hydrogen) atoms. The summed E-state index contributed by atoms with van der Waals surface area (Å²) in [5.74, 6) is 0.670. The molecule has 6 nitrogen and oxygen atoms in total. The fraction of sp³-hybridized carbons (Fsp3) is 0.294. The van der Waals surface area contributed by atoms with Gasteiger partial charge in [0.15, 0.2) is 0 Å². The highest BCUT2D eigenvalue weighted by molar-refractivity contribution is 5.57. The third-order valence-corrected chi connectivity index (χ3v) is 4.36. The second-order valence-electron chi connectivity index (χ2n) is 5.87. The van der Waals surface area contributed by atoms with E-state index in [2.05, 4.69) is 25.2 Å². The molecular formula is C17H17FN6. The fourth-order valence-corrected chi connectivity index (χ4v) is 3.02. The Morgan fingerprint density at radius 3 is 2.54 bits per heavy atom. The summed E-state index contributed by atoms with van der Waals surface area (Å²) < 4.78 is 14.9. The van der Waals surface area contributed by atoms with E-state index in [1.165, 1.54) is 12.1 Å². The molecule has 0 spiro atoms. The first-order valence-electron chi connectivity index (χ1n) is 7.98. The predicted molar refractivity (Wildman–Crippen MR) is 87.9 cm³/mol. The summed E-state index contributed by atoms with van der Waals surface area (Å²) in [6.07, 6.45) is 9.08. The summed E-state index contributed by atoms with van der Waals surface area (Å²) in [6, 6.07) is 6.64. The van der Waals surface area contributed by atoms with E-state index in [1.54, 1.807) is 30.7 Å². The zero-order valence-electron chi connectivity index (χ0n) is 13.1. The molecule has 3 aromatic rings. The lowest BCUT2D eigenvalue weighted by atomic mass is 10.1. The van der Waals surface area contributed by atoms with Crippen molar-refractivity contribution in [2.45, 2.75) is 18.9 Å². The van der Waals surface area contributed by atoms with Gasteiger partial charge in [0, 0.05) is 31.0 Å². The number of anilines is 1. The van der Waals surface area contributed by atoms with Gasteiger partial charge >= 0.3 is 0 Å². The van der Waals surface area contributed by atoms with Crippen LogP contribution in [0.5, 0.6) is 0 Å². The Kier molecular flexibility index (Phi) is 3.90. The molecule has 1 aliphatic heterocycles. The van der Waals surface area contributed by atoms with Crippen LogP contribution in [0.3, 0.4) is 0 Å². The topological polar surface area (TPSA) is 59.7 Å². The van der Waals surface area contributed by atoms with Gasteiger partial charge in [0.1, 0.15) is 17.3 Å². The van der Waals surface area contributed by atoms with Gasteiger partial charge in [-0.1, -0.05) is 5.21 Å². The van der Waals surface area contributed by atoms with E-state index in [-0.39, 0.29) is 5.82 Å². The van der Waals surface area contributed by atoms with Crippen LogP contribution in [-0.4, -0.2) is 38.1 Å². The summed E-state index contributed by atoms with van der Waals surface area (Å²) in [4.78, 5) is 10.7. The standard InChI is InChI=1S/C17H17FN6/c18-14-3-1-13(2-4-14)16-12-24(22-21-16)15-5-9-23(10-6-15)17-11-19-7-8-20-17/h1-4,7-8,11-12,15H,5-6,9-10H2. The van der Waals surface area contributed by atoms with Gasteiger partial charge in [0.25, 0.3) is 0 Å². The molecule has 1 fully saturated rings. The molecule has 0 saturated carbocycles. The molecule has 2 aromatic heterocycles. The van der Waals surface area contributed by atoms with Crippen molar-refractivity contribution in [3.8, 4) is 11.3 Å². The van der Waals surface area contributed by atoms with Gasteiger partial charge in [-0.3, -0.25) is 4.98 Å². The van der Waals surface area contributed by atoms with Crippen molar-refractivity contribution in [1.29, 1.82) is 0 Å². The number of hydrogen-bond acceptors (Lipinski definition) is 5. The molecule has 0 N–H and O–H groups in total. The molecule has 1 aromatic carbocycles. The van der Waals surface area contributed by atoms with E-state index in [4.69, 9.17) is 0 Å². The van der Waals surface area contributed by atoms with Crippen LogP contribution in [0.1, 0.15) is 18.9 Å². The second-order valence-corrected chi connectivity index (χ2v) is 5.87. The number of rotatable bonds is 3. The lowest BCUT2D eigenvalue weighted by Crippen LogP contribution is -2.35. The zero-order chi connectivity index (χ0) is 16.4. The van der Waals surface area contributed by atoms with E-state index >= 15 is 0 Å². The van der Waals surface area contributed by atoms with Crippen molar-refractivity contribution in [3.05, 3.63) is 54.9 Å². The Hall–Kier alpha value is -2.83. The first-order valence-corrected chi connectivity index (χ1v) is 7.98. The lowest BCUT2D eigenvalue weighted by molar-refractivity contribution is 0.359. The average Bonchev–Trinajstić information content (AvgIpc) is 3.13. The third-order valence-electron chi connectivity index (χ3n) is 4.36. The Labute approximate surface area is 139 Å². The Balaban J connectivity index is 1.44. The number of hydrogen-bond donors (Lipinski definition) is 0. The smallest absolute Gasteiger partial charge is 0.147 e. The molecule has 0 unspecified atom stereocenters. The fourth-order valence-electron chi connectivity index (χ4n) is 3.02. The molecule has 3 heterocycles. The Morgan fingerprint density at radius 1 is 1.04 bits per heavy atom. The van der Waals surface area contributed by atoms with Gasteiger partial charge in [-0.05, 0) is 37.1 Å². The summed E-state index contributed by atoms with van der Waals surface area (Å²) in [7, 11) is 0. The second kappa shape index (κ2) is 6.35. The molecule has 0 radical (unpaired) electrons. The number of aromatic nitrogens is 5. The third kappa shape index (κ3) is 2.97. The van der Waals surface area contributed by atoms with E-state index in [0.29, 0.717) is 6.04 Å². The van der Waals surface area contributed by atoms with Crippen LogP contribution in [0.15, 0.2) is 49.1 Å². The molecule has 122 valence electrons. The van der Waals surface area contributed by atoms with Gasteiger partial charge in [-0.2, -0.15) is 0 Å². The van der Waals surface area contributed by atoms with Gasteiger partial charge < -0.3 is 4.90 Å². The highest BCUT2D eigenvalue weighted by Gasteiger charge is 2.22. The maximum Gasteiger partial charge on any atom is 0.147 e. The van der Waals surface area contributed by atoms with Crippen LogP contribution in [0, 0.1) is 5.82 Å². The van der Waals surface area contributed by atoms with Crippen LogP contribution in [-0.2, 0) is 0 Å².